The van der Waals surface area contributed by atoms with E-state index in [2.05, 4.69) is 11.8 Å². The highest BCUT2D eigenvalue weighted by atomic mass is 16.5. The van der Waals surface area contributed by atoms with Crippen LogP contribution < -0.4 is 5.73 Å². The van der Waals surface area contributed by atoms with Crippen molar-refractivity contribution < 1.29 is 19.1 Å². The molecule has 0 bridgehead atoms. The minimum atomic E-state index is -0.967. The summed E-state index contributed by atoms with van der Waals surface area (Å²) in [6.07, 6.45) is 15.8. The molecule has 1 aliphatic carbocycles. The van der Waals surface area contributed by atoms with Crippen LogP contribution in [0.15, 0.2) is 28.7 Å². The van der Waals surface area contributed by atoms with Crippen molar-refractivity contribution in [2.75, 3.05) is 26.8 Å². The van der Waals surface area contributed by atoms with E-state index in [-0.39, 0.29) is 18.6 Å². The lowest BCUT2D eigenvalue weighted by Gasteiger charge is -2.46. The zero-order valence-electron chi connectivity index (χ0n) is 21.3. The maximum absolute atomic E-state index is 13.2. The number of hydrogen-bond donors (Lipinski definition) is 1. The molecule has 0 radical (unpaired) electrons. The van der Waals surface area contributed by atoms with Crippen LogP contribution in [0.1, 0.15) is 78.1 Å². The van der Waals surface area contributed by atoms with E-state index in [4.69, 9.17) is 15.2 Å². The van der Waals surface area contributed by atoms with Gasteiger partial charge < -0.3 is 24.9 Å². The van der Waals surface area contributed by atoms with Gasteiger partial charge in [0.15, 0.2) is 0 Å². The molecule has 0 aromatic carbocycles. The highest BCUT2D eigenvalue weighted by Gasteiger charge is 2.45. The Morgan fingerprint density at radius 3 is 2.50 bits per heavy atom. The Balaban J connectivity index is 0.000000430. The van der Waals surface area contributed by atoms with Gasteiger partial charge in [0, 0.05) is 32.3 Å². The Hall–Kier alpha value is -2.19. The van der Waals surface area contributed by atoms with E-state index in [1.165, 1.54) is 43.5 Å². The molecule has 8 heteroatoms. The smallest absolute Gasteiger partial charge is 0.272 e. The third-order valence-electron chi connectivity index (χ3n) is 6.75. The average molecular weight is 477 g/mol. The number of rotatable bonds is 8. The van der Waals surface area contributed by atoms with E-state index < -0.39 is 5.54 Å². The molecule has 3 fully saturated rings. The van der Waals surface area contributed by atoms with E-state index in [0.717, 1.165) is 31.3 Å². The monoisotopic (exact) mass is 476 g/mol. The molecule has 192 valence electrons. The first kappa shape index (κ1) is 28.1. The van der Waals surface area contributed by atoms with Gasteiger partial charge in [0.1, 0.15) is 17.5 Å². The Morgan fingerprint density at radius 1 is 1.26 bits per heavy atom. The lowest BCUT2D eigenvalue weighted by atomic mass is 9.96. The van der Waals surface area contributed by atoms with Gasteiger partial charge in [-0.3, -0.25) is 9.80 Å². The van der Waals surface area contributed by atoms with Crippen molar-refractivity contribution in [1.82, 2.24) is 9.91 Å². The van der Waals surface area contributed by atoms with Crippen LogP contribution in [0, 0.1) is 0 Å². The molecule has 1 amide bonds. The number of ether oxygens (including phenoxy) is 2. The zero-order valence-corrected chi connectivity index (χ0v) is 21.3. The molecule has 8 nitrogen and oxygen atoms in total. The van der Waals surface area contributed by atoms with E-state index >= 15 is 0 Å². The van der Waals surface area contributed by atoms with Crippen LogP contribution in [0.3, 0.4) is 0 Å². The van der Waals surface area contributed by atoms with Crippen molar-refractivity contribution in [3.63, 3.8) is 0 Å². The first-order valence-electron chi connectivity index (χ1n) is 12.7. The number of nitrogens with two attached hydrogens (primary N) is 1. The summed E-state index contributed by atoms with van der Waals surface area (Å²) < 4.78 is 11.0. The molecule has 2 heterocycles. The Morgan fingerprint density at radius 2 is 1.97 bits per heavy atom. The van der Waals surface area contributed by atoms with Crippen molar-refractivity contribution >= 4 is 18.9 Å². The lowest BCUT2D eigenvalue weighted by molar-refractivity contribution is -0.147. The summed E-state index contributed by atoms with van der Waals surface area (Å²) in [5, 5.41) is 5.46. The second kappa shape index (κ2) is 14.3. The normalized spacial score (nSPS) is 27.8. The molecular formula is C26H44N4O4. The van der Waals surface area contributed by atoms with Crippen molar-refractivity contribution in [3.8, 4) is 0 Å². The lowest BCUT2D eigenvalue weighted by Crippen LogP contribution is -2.63. The molecule has 3 rings (SSSR count). The summed E-state index contributed by atoms with van der Waals surface area (Å²) in [5.41, 5.74) is 5.18. The molecule has 2 saturated heterocycles. The van der Waals surface area contributed by atoms with Crippen molar-refractivity contribution in [3.05, 3.63) is 23.6 Å². The molecule has 2 unspecified atom stereocenters. The number of aldehydes is 1. The van der Waals surface area contributed by atoms with Crippen LogP contribution >= 0.6 is 0 Å². The molecule has 3 aliphatic rings. The SMILES string of the molecule is C=NN1CC(C)(C=O)N(CC2CCCO2)C(=O)/C1=C/C/C(=C/CC)OC.NC1CCCCCC1. The van der Waals surface area contributed by atoms with Crippen LogP contribution in [0.25, 0.3) is 0 Å². The fourth-order valence-electron chi connectivity index (χ4n) is 4.64. The van der Waals surface area contributed by atoms with E-state index in [9.17, 15) is 9.59 Å². The molecule has 0 spiro atoms. The van der Waals surface area contributed by atoms with Gasteiger partial charge in [-0.2, -0.15) is 5.10 Å². The van der Waals surface area contributed by atoms with Gasteiger partial charge in [-0.15, -0.1) is 0 Å². The van der Waals surface area contributed by atoms with Gasteiger partial charge in [0.2, 0.25) is 0 Å². The zero-order chi connectivity index (χ0) is 25.0. The average Bonchev–Trinajstić information content (AvgIpc) is 3.24. The predicted molar refractivity (Wildman–Crippen MR) is 135 cm³/mol. The van der Waals surface area contributed by atoms with Crippen molar-refractivity contribution in [1.29, 1.82) is 0 Å². The third-order valence-corrected chi connectivity index (χ3v) is 6.75. The summed E-state index contributed by atoms with van der Waals surface area (Å²) in [6.45, 7) is 8.70. The van der Waals surface area contributed by atoms with Crippen LogP contribution in [-0.2, 0) is 19.1 Å². The van der Waals surface area contributed by atoms with Crippen molar-refractivity contribution in [2.45, 2.75) is 95.7 Å². The minimum Gasteiger partial charge on any atom is -0.501 e. The summed E-state index contributed by atoms with van der Waals surface area (Å²) in [6, 6.07) is 0.525. The summed E-state index contributed by atoms with van der Waals surface area (Å²) in [7, 11) is 1.61. The van der Waals surface area contributed by atoms with Gasteiger partial charge in [0.05, 0.1) is 25.5 Å². The van der Waals surface area contributed by atoms with Gasteiger partial charge in [-0.1, -0.05) is 32.6 Å². The number of piperazine rings is 1. The molecule has 2 aliphatic heterocycles. The quantitative estimate of drug-likeness (QED) is 0.188. The van der Waals surface area contributed by atoms with Gasteiger partial charge in [-0.05, 0) is 51.2 Å². The van der Waals surface area contributed by atoms with E-state index in [1.54, 1.807) is 25.0 Å². The van der Waals surface area contributed by atoms with E-state index in [1.807, 2.05) is 13.0 Å². The topological polar surface area (TPSA) is 97.5 Å². The van der Waals surface area contributed by atoms with Gasteiger partial charge in [0.25, 0.3) is 5.91 Å². The Labute approximate surface area is 205 Å². The highest BCUT2D eigenvalue weighted by Crippen LogP contribution is 2.29. The van der Waals surface area contributed by atoms with Crippen LogP contribution in [-0.4, -0.2) is 73.3 Å². The molecule has 2 N–H and O–H groups in total. The standard InChI is InChI=1S/C19H29N3O4.C7H15N/c1-5-7-15(25-4)9-10-17-18(24)21(12-16-8-6-11-26-16)19(2,14-23)13-22(17)20-3;8-7-5-3-1-2-4-6-7/h7,10,14,16H,3,5-6,8-9,11-13H2,1-2,4H3;7H,1-6,8H2/b15-7-,17-10-;. The number of allylic oxidation sites excluding steroid dienone is 2. The molecular weight excluding hydrogens is 432 g/mol. The highest BCUT2D eigenvalue weighted by molar-refractivity contribution is 5.96. The Bertz CT molecular complexity index is 724. The van der Waals surface area contributed by atoms with Gasteiger partial charge in [-0.25, -0.2) is 0 Å². The second-order valence-corrected chi connectivity index (χ2v) is 9.55. The first-order chi connectivity index (χ1) is 16.4. The number of amides is 1. The number of carbonyl (C=O) groups is 2. The van der Waals surface area contributed by atoms with Crippen LogP contribution in [0.2, 0.25) is 0 Å². The minimum absolute atomic E-state index is 0.0303. The molecule has 2 atom stereocenters. The molecule has 0 aromatic rings. The maximum Gasteiger partial charge on any atom is 0.272 e. The Kier molecular flexibility index (Phi) is 11.8. The fraction of sp³-hybridized carbons (Fsp3) is 0.731. The van der Waals surface area contributed by atoms with Crippen LogP contribution in [0.5, 0.6) is 0 Å². The summed E-state index contributed by atoms with van der Waals surface area (Å²) in [5.74, 6) is 0.548. The predicted octanol–water partition coefficient (Wildman–Crippen LogP) is 3.77. The molecule has 34 heavy (non-hydrogen) atoms. The van der Waals surface area contributed by atoms with Crippen molar-refractivity contribution in [2.24, 2.45) is 10.8 Å². The molecule has 1 saturated carbocycles. The third kappa shape index (κ3) is 7.94. The number of nitrogens with zero attached hydrogens (tertiary/aromatic N) is 3. The molecule has 0 aromatic heterocycles. The first-order valence-corrected chi connectivity index (χ1v) is 12.7. The summed E-state index contributed by atoms with van der Waals surface area (Å²) in [4.78, 5) is 26.6. The number of methoxy groups -OCH3 is 1. The van der Waals surface area contributed by atoms with Crippen LogP contribution in [0.4, 0.5) is 0 Å². The maximum atomic E-state index is 13.2. The van der Waals surface area contributed by atoms with E-state index in [0.29, 0.717) is 31.3 Å². The second-order valence-electron chi connectivity index (χ2n) is 9.55. The number of carbonyl (C=O) groups excluding carboxylic acids is 2. The van der Waals surface area contributed by atoms with Gasteiger partial charge >= 0.3 is 0 Å². The number of hydrogen-bond acceptors (Lipinski definition) is 7. The fourth-order valence-corrected chi connectivity index (χ4v) is 4.64. The largest absolute Gasteiger partial charge is 0.501 e. The summed E-state index contributed by atoms with van der Waals surface area (Å²) >= 11 is 0. The number of hydrazone groups is 1.